The van der Waals surface area contributed by atoms with E-state index in [1.54, 1.807) is 0 Å². The number of hydrogen-bond donors (Lipinski definition) is 1. The van der Waals surface area contributed by atoms with Gasteiger partial charge in [-0.1, -0.05) is 38.0 Å². The van der Waals surface area contributed by atoms with Gasteiger partial charge in [0, 0.05) is 6.04 Å². The van der Waals surface area contributed by atoms with Crippen LogP contribution in [0.15, 0.2) is 24.3 Å². The summed E-state index contributed by atoms with van der Waals surface area (Å²) in [6.45, 7) is 4.23. The monoisotopic (exact) mass is 261 g/mol. The third-order valence-electron chi connectivity index (χ3n) is 3.69. The lowest BCUT2D eigenvalue weighted by atomic mass is 10.1. The Bertz CT molecular complexity index is 360. The molecule has 106 valence electrons. The maximum Gasteiger partial charge on any atom is 0.122 e. The summed E-state index contributed by atoms with van der Waals surface area (Å²) in [5.41, 5.74) is 1.32. The third-order valence-corrected chi connectivity index (χ3v) is 3.69. The fourth-order valence-corrected chi connectivity index (χ4v) is 2.29. The Labute approximate surface area is 117 Å². The molecule has 0 unspecified atom stereocenters. The van der Waals surface area contributed by atoms with Crippen molar-refractivity contribution in [2.24, 2.45) is 0 Å². The van der Waals surface area contributed by atoms with E-state index in [2.05, 4.69) is 36.5 Å². The first-order valence-corrected chi connectivity index (χ1v) is 7.84. The zero-order chi connectivity index (χ0) is 13.3. The van der Waals surface area contributed by atoms with Crippen LogP contribution >= 0.6 is 0 Å². The molecule has 0 aliphatic heterocycles. The molecule has 19 heavy (non-hydrogen) atoms. The van der Waals surface area contributed by atoms with E-state index in [0.717, 1.165) is 24.8 Å². The Morgan fingerprint density at radius 2 is 1.89 bits per heavy atom. The minimum atomic E-state index is 0.854. The Morgan fingerprint density at radius 1 is 1.11 bits per heavy atom. The molecule has 1 fully saturated rings. The predicted octanol–water partition coefficient (Wildman–Crippen LogP) is 3.94. The second-order valence-electron chi connectivity index (χ2n) is 5.45. The Balaban J connectivity index is 1.48. The predicted molar refractivity (Wildman–Crippen MR) is 80.8 cm³/mol. The van der Waals surface area contributed by atoms with Crippen LogP contribution in [0, 0.1) is 0 Å². The van der Waals surface area contributed by atoms with Crippen molar-refractivity contribution in [2.45, 2.75) is 57.9 Å². The molecule has 2 rings (SSSR count). The van der Waals surface area contributed by atoms with Crippen LogP contribution in [0.5, 0.6) is 5.75 Å². The summed E-state index contributed by atoms with van der Waals surface area (Å²) in [5.74, 6) is 1.07. The van der Waals surface area contributed by atoms with Crippen molar-refractivity contribution in [3.63, 3.8) is 0 Å². The van der Waals surface area contributed by atoms with Crippen molar-refractivity contribution in [3.8, 4) is 5.75 Å². The summed E-state index contributed by atoms with van der Waals surface area (Å²) in [6.07, 6.45) is 8.90. The van der Waals surface area contributed by atoms with Crippen LogP contribution in [-0.4, -0.2) is 19.2 Å². The zero-order valence-corrected chi connectivity index (χ0v) is 12.2. The summed E-state index contributed by atoms with van der Waals surface area (Å²) in [6, 6.07) is 9.22. The summed E-state index contributed by atoms with van der Waals surface area (Å²) in [7, 11) is 0. The number of para-hydroxylation sites is 1. The summed E-state index contributed by atoms with van der Waals surface area (Å²) in [4.78, 5) is 0. The molecule has 1 saturated carbocycles. The maximum absolute atomic E-state index is 5.87. The number of unbranched alkanes of at least 4 members (excludes halogenated alkanes) is 3. The molecule has 1 aliphatic carbocycles. The van der Waals surface area contributed by atoms with Gasteiger partial charge in [-0.25, -0.2) is 0 Å². The average molecular weight is 261 g/mol. The lowest BCUT2D eigenvalue weighted by Gasteiger charge is -2.10. The molecule has 0 spiro atoms. The van der Waals surface area contributed by atoms with Crippen molar-refractivity contribution >= 4 is 0 Å². The topological polar surface area (TPSA) is 21.3 Å². The number of aryl methyl sites for hydroxylation is 1. The van der Waals surface area contributed by atoms with E-state index >= 15 is 0 Å². The molecule has 0 saturated heterocycles. The van der Waals surface area contributed by atoms with Crippen LogP contribution in [0.25, 0.3) is 0 Å². The Morgan fingerprint density at radius 3 is 2.68 bits per heavy atom. The van der Waals surface area contributed by atoms with Crippen LogP contribution in [0.4, 0.5) is 0 Å². The van der Waals surface area contributed by atoms with Crippen LogP contribution < -0.4 is 10.1 Å². The Hall–Kier alpha value is -1.02. The lowest BCUT2D eigenvalue weighted by Crippen LogP contribution is -2.17. The zero-order valence-electron chi connectivity index (χ0n) is 12.2. The first kappa shape index (κ1) is 14.4. The van der Waals surface area contributed by atoms with E-state index in [4.69, 9.17) is 4.74 Å². The van der Waals surface area contributed by atoms with Gasteiger partial charge in [-0.2, -0.15) is 0 Å². The average Bonchev–Trinajstić information content (AvgIpc) is 3.26. The van der Waals surface area contributed by atoms with Crippen LogP contribution in [0.2, 0.25) is 0 Å². The van der Waals surface area contributed by atoms with Gasteiger partial charge in [-0.15, -0.1) is 0 Å². The van der Waals surface area contributed by atoms with Crippen molar-refractivity contribution in [1.82, 2.24) is 5.32 Å². The normalized spacial score (nSPS) is 14.6. The molecule has 1 aromatic rings. The van der Waals surface area contributed by atoms with E-state index in [9.17, 15) is 0 Å². The van der Waals surface area contributed by atoms with Crippen LogP contribution in [0.3, 0.4) is 0 Å². The fraction of sp³-hybridized carbons (Fsp3) is 0.647. The van der Waals surface area contributed by atoms with Gasteiger partial charge in [0.2, 0.25) is 0 Å². The summed E-state index contributed by atoms with van der Waals surface area (Å²) >= 11 is 0. The van der Waals surface area contributed by atoms with Gasteiger partial charge in [-0.05, 0) is 50.3 Å². The van der Waals surface area contributed by atoms with Crippen molar-refractivity contribution in [1.29, 1.82) is 0 Å². The van der Waals surface area contributed by atoms with Gasteiger partial charge < -0.3 is 10.1 Å². The molecule has 1 aliphatic rings. The van der Waals surface area contributed by atoms with E-state index in [1.165, 1.54) is 50.6 Å². The number of nitrogens with one attached hydrogen (secondary N) is 1. The number of rotatable bonds is 10. The Kier molecular flexibility index (Phi) is 6.22. The number of hydrogen-bond acceptors (Lipinski definition) is 2. The molecule has 0 heterocycles. The van der Waals surface area contributed by atoms with E-state index in [0.29, 0.717) is 0 Å². The quantitative estimate of drug-likeness (QED) is 0.644. The molecule has 0 amide bonds. The molecular formula is C17H27NO. The van der Waals surface area contributed by atoms with Gasteiger partial charge >= 0.3 is 0 Å². The first-order valence-electron chi connectivity index (χ1n) is 7.84. The fourth-order valence-electron chi connectivity index (χ4n) is 2.29. The molecule has 1 N–H and O–H groups in total. The largest absolute Gasteiger partial charge is 0.493 e. The van der Waals surface area contributed by atoms with Gasteiger partial charge in [-0.3, -0.25) is 0 Å². The number of ether oxygens (including phenoxy) is 1. The van der Waals surface area contributed by atoms with Crippen LogP contribution in [0.1, 0.15) is 51.0 Å². The third kappa shape index (κ3) is 5.65. The van der Waals surface area contributed by atoms with Crippen molar-refractivity contribution in [2.75, 3.05) is 13.2 Å². The minimum absolute atomic E-state index is 0.854. The standard InChI is InChI=1S/C17H27NO/c1-2-15-9-5-6-10-17(15)19-14-8-4-3-7-13-18-16-11-12-16/h5-6,9-10,16,18H,2-4,7-8,11-14H2,1H3. The highest BCUT2D eigenvalue weighted by Crippen LogP contribution is 2.19. The maximum atomic E-state index is 5.87. The second-order valence-corrected chi connectivity index (χ2v) is 5.45. The molecule has 1 aromatic carbocycles. The summed E-state index contributed by atoms with van der Waals surface area (Å²) in [5, 5.41) is 3.56. The van der Waals surface area contributed by atoms with E-state index in [-0.39, 0.29) is 0 Å². The molecule has 2 nitrogen and oxygen atoms in total. The highest BCUT2D eigenvalue weighted by Gasteiger charge is 2.19. The molecule has 0 bridgehead atoms. The van der Waals surface area contributed by atoms with Crippen LogP contribution in [-0.2, 0) is 6.42 Å². The summed E-state index contributed by atoms with van der Waals surface area (Å²) < 4.78 is 5.87. The lowest BCUT2D eigenvalue weighted by molar-refractivity contribution is 0.302. The SMILES string of the molecule is CCc1ccccc1OCCCCCCNC1CC1. The molecular weight excluding hydrogens is 234 g/mol. The van der Waals surface area contributed by atoms with Crippen molar-refractivity contribution < 1.29 is 4.74 Å². The van der Waals surface area contributed by atoms with E-state index in [1.807, 2.05) is 0 Å². The second kappa shape index (κ2) is 8.21. The van der Waals surface area contributed by atoms with Crippen molar-refractivity contribution in [3.05, 3.63) is 29.8 Å². The highest BCUT2D eigenvalue weighted by atomic mass is 16.5. The highest BCUT2D eigenvalue weighted by molar-refractivity contribution is 5.33. The number of benzene rings is 1. The molecule has 0 radical (unpaired) electrons. The molecule has 2 heteroatoms. The first-order chi connectivity index (χ1) is 9.40. The molecule has 0 aromatic heterocycles. The minimum Gasteiger partial charge on any atom is -0.493 e. The molecule has 0 atom stereocenters. The van der Waals surface area contributed by atoms with E-state index < -0.39 is 0 Å². The van der Waals surface area contributed by atoms with Gasteiger partial charge in [0.1, 0.15) is 5.75 Å². The smallest absolute Gasteiger partial charge is 0.122 e. The van der Waals surface area contributed by atoms with Gasteiger partial charge in [0.05, 0.1) is 6.61 Å². The van der Waals surface area contributed by atoms with Gasteiger partial charge in [0.15, 0.2) is 0 Å². The van der Waals surface area contributed by atoms with Gasteiger partial charge in [0.25, 0.3) is 0 Å².